The Hall–Kier alpha value is -3.23. The minimum atomic E-state index is -0.282. The first-order valence-electron chi connectivity index (χ1n) is 10.7. The Kier molecular flexibility index (Phi) is 5.75. The smallest absolute Gasteiger partial charge is 0.359 e. The number of anilines is 1. The molecule has 2 aromatic heterocycles. The van der Waals surface area contributed by atoms with Gasteiger partial charge in [0.2, 0.25) is 11.2 Å². The molecule has 0 fully saturated rings. The van der Waals surface area contributed by atoms with E-state index in [0.717, 1.165) is 50.4 Å². The van der Waals surface area contributed by atoms with Gasteiger partial charge >= 0.3 is 11.6 Å². The summed E-state index contributed by atoms with van der Waals surface area (Å²) in [7, 11) is 4.98. The molecule has 0 saturated carbocycles. The minimum absolute atomic E-state index is 0.218. The molecule has 0 amide bonds. The fourth-order valence-electron chi connectivity index (χ4n) is 4.35. The van der Waals surface area contributed by atoms with Gasteiger partial charge in [-0.25, -0.2) is 14.3 Å². The van der Waals surface area contributed by atoms with E-state index in [1.54, 1.807) is 25.8 Å². The Morgan fingerprint density at radius 3 is 2.61 bits per heavy atom. The van der Waals surface area contributed by atoms with Gasteiger partial charge < -0.3 is 9.47 Å². The fraction of sp³-hybridized carbons (Fsp3) is 0.500. The molecule has 1 aliphatic rings. The second-order valence-corrected chi connectivity index (χ2v) is 7.88. The standard InChI is InChI=1S/C22H29N5O4/c1-5-10-27-20(28)18-19(24(2)22(27)29)23-21-25(11-6-12-26(18)21)13-9-15-7-8-16(30-3)17(14-15)31-4/h7-8,14H,5-6,9-13H2,1-4H3/p+1. The number of fused-ring (bicyclic) bond motifs is 3. The van der Waals surface area contributed by atoms with Crippen LogP contribution in [0.2, 0.25) is 0 Å². The lowest BCUT2D eigenvalue weighted by Gasteiger charge is -2.22. The molecule has 0 radical (unpaired) electrons. The summed E-state index contributed by atoms with van der Waals surface area (Å²) in [6, 6.07) is 5.95. The number of methoxy groups -OCH3 is 2. The number of nitrogens with one attached hydrogen (secondary N) is 1. The van der Waals surface area contributed by atoms with Crippen molar-refractivity contribution in [2.45, 2.75) is 39.3 Å². The molecule has 3 aromatic rings. The number of aromatic amines is 1. The molecule has 4 rings (SSSR count). The number of benzene rings is 1. The molecule has 9 nitrogen and oxygen atoms in total. The Labute approximate surface area is 180 Å². The van der Waals surface area contributed by atoms with Gasteiger partial charge in [-0.1, -0.05) is 13.0 Å². The summed E-state index contributed by atoms with van der Waals surface area (Å²) in [6.07, 6.45) is 2.48. The first-order valence-corrected chi connectivity index (χ1v) is 10.7. The molecule has 0 aliphatic carbocycles. The van der Waals surface area contributed by atoms with Crippen molar-refractivity contribution in [2.24, 2.45) is 7.05 Å². The van der Waals surface area contributed by atoms with Crippen molar-refractivity contribution in [1.29, 1.82) is 0 Å². The maximum atomic E-state index is 13.1. The van der Waals surface area contributed by atoms with Crippen molar-refractivity contribution in [2.75, 3.05) is 32.2 Å². The maximum absolute atomic E-state index is 13.1. The normalized spacial score (nSPS) is 13.5. The van der Waals surface area contributed by atoms with E-state index in [1.807, 2.05) is 29.7 Å². The van der Waals surface area contributed by atoms with Crippen molar-refractivity contribution in [1.82, 2.24) is 14.1 Å². The minimum Gasteiger partial charge on any atom is -0.493 e. The number of aromatic nitrogens is 4. The topological polar surface area (TPSA) is 85.4 Å². The van der Waals surface area contributed by atoms with E-state index in [4.69, 9.17) is 9.47 Å². The van der Waals surface area contributed by atoms with Crippen LogP contribution in [-0.4, -0.2) is 41.4 Å². The van der Waals surface area contributed by atoms with Crippen LogP contribution in [0.15, 0.2) is 27.8 Å². The Morgan fingerprint density at radius 1 is 1.13 bits per heavy atom. The number of hydrogen-bond acceptors (Lipinski definition) is 5. The third-order valence-electron chi connectivity index (χ3n) is 5.96. The van der Waals surface area contributed by atoms with Crippen molar-refractivity contribution in [3.8, 4) is 11.5 Å². The molecule has 1 N–H and O–H groups in total. The van der Waals surface area contributed by atoms with Crippen LogP contribution < -0.4 is 30.2 Å². The molecule has 9 heteroatoms. The van der Waals surface area contributed by atoms with Crippen LogP contribution in [0.1, 0.15) is 25.3 Å². The lowest BCUT2D eigenvalue weighted by atomic mass is 10.1. The second-order valence-electron chi connectivity index (χ2n) is 7.88. The highest BCUT2D eigenvalue weighted by atomic mass is 16.5. The summed E-state index contributed by atoms with van der Waals surface area (Å²) < 4.78 is 15.7. The number of rotatable bonds is 7. The van der Waals surface area contributed by atoms with E-state index in [2.05, 4.69) is 9.88 Å². The van der Waals surface area contributed by atoms with Crippen molar-refractivity contribution in [3.63, 3.8) is 0 Å². The van der Waals surface area contributed by atoms with Gasteiger partial charge in [-0.15, -0.1) is 0 Å². The van der Waals surface area contributed by atoms with Gasteiger partial charge in [-0.2, -0.15) is 0 Å². The summed E-state index contributed by atoms with van der Waals surface area (Å²) in [4.78, 5) is 31.4. The number of nitrogens with zero attached hydrogens (tertiary/aromatic N) is 4. The highest BCUT2D eigenvalue weighted by Gasteiger charge is 2.31. The molecule has 1 aliphatic heterocycles. The molecule has 0 unspecified atom stereocenters. The molecule has 0 saturated heterocycles. The first-order chi connectivity index (χ1) is 15.0. The predicted molar refractivity (Wildman–Crippen MR) is 118 cm³/mol. The number of ether oxygens (including phenoxy) is 2. The summed E-state index contributed by atoms with van der Waals surface area (Å²) in [6.45, 7) is 4.80. The highest BCUT2D eigenvalue weighted by Crippen LogP contribution is 2.28. The van der Waals surface area contributed by atoms with E-state index in [-0.39, 0.29) is 11.2 Å². The first kappa shape index (κ1) is 21.0. The average molecular weight is 429 g/mol. The summed E-state index contributed by atoms with van der Waals surface area (Å²) in [5, 5.41) is 0. The highest BCUT2D eigenvalue weighted by molar-refractivity contribution is 5.68. The molecular weight excluding hydrogens is 398 g/mol. The fourth-order valence-corrected chi connectivity index (χ4v) is 4.35. The maximum Gasteiger partial charge on any atom is 0.359 e. The van der Waals surface area contributed by atoms with E-state index in [1.165, 1.54) is 4.57 Å². The molecule has 0 atom stereocenters. The van der Waals surface area contributed by atoms with Gasteiger partial charge in [0.25, 0.3) is 5.56 Å². The number of aryl methyl sites for hydroxylation is 2. The molecule has 31 heavy (non-hydrogen) atoms. The van der Waals surface area contributed by atoms with Crippen LogP contribution in [0, 0.1) is 0 Å². The molecule has 166 valence electrons. The number of H-pyrrole nitrogens is 1. The number of hydrogen-bond donors (Lipinski definition) is 1. The summed E-state index contributed by atoms with van der Waals surface area (Å²) >= 11 is 0. The molecular formula is C22H30N5O4+. The third-order valence-corrected chi connectivity index (χ3v) is 5.96. The SMILES string of the molecule is CCCn1c(=O)c2c([nH]c3[n+]2CCCN3CCc2ccc(OC)c(OC)c2)n(C)c1=O. The number of imidazole rings is 1. The van der Waals surface area contributed by atoms with Gasteiger partial charge in [0.15, 0.2) is 11.5 Å². The largest absolute Gasteiger partial charge is 0.493 e. The van der Waals surface area contributed by atoms with E-state index < -0.39 is 0 Å². The van der Waals surface area contributed by atoms with Crippen LogP contribution in [0.4, 0.5) is 5.95 Å². The zero-order valence-corrected chi connectivity index (χ0v) is 18.6. The summed E-state index contributed by atoms with van der Waals surface area (Å²) in [5.74, 6) is 2.30. The Balaban J connectivity index is 1.69. The second kappa shape index (κ2) is 8.49. The Morgan fingerprint density at radius 2 is 1.90 bits per heavy atom. The lowest BCUT2D eigenvalue weighted by molar-refractivity contribution is -0.663. The predicted octanol–water partition coefficient (Wildman–Crippen LogP) is 1.20. The van der Waals surface area contributed by atoms with Crippen molar-refractivity contribution < 1.29 is 14.0 Å². The van der Waals surface area contributed by atoms with Crippen molar-refractivity contribution in [3.05, 3.63) is 44.6 Å². The zero-order valence-electron chi connectivity index (χ0n) is 18.6. The molecule has 1 aromatic carbocycles. The molecule has 0 spiro atoms. The average Bonchev–Trinajstić information content (AvgIpc) is 3.19. The third kappa shape index (κ3) is 3.58. The van der Waals surface area contributed by atoms with E-state index in [0.29, 0.717) is 29.2 Å². The van der Waals surface area contributed by atoms with Crippen LogP contribution in [0.3, 0.4) is 0 Å². The van der Waals surface area contributed by atoms with Crippen LogP contribution in [0.25, 0.3) is 11.2 Å². The molecule has 0 bridgehead atoms. The molecule has 3 heterocycles. The van der Waals surface area contributed by atoms with Crippen LogP contribution in [0.5, 0.6) is 11.5 Å². The van der Waals surface area contributed by atoms with Crippen molar-refractivity contribution >= 4 is 17.1 Å². The Bertz CT molecular complexity index is 1220. The zero-order chi connectivity index (χ0) is 22.1. The van der Waals surface area contributed by atoms with E-state index >= 15 is 0 Å². The lowest BCUT2D eigenvalue weighted by Crippen LogP contribution is -2.51. The van der Waals surface area contributed by atoms with Gasteiger partial charge in [-0.3, -0.25) is 18.8 Å². The van der Waals surface area contributed by atoms with Gasteiger partial charge in [0, 0.05) is 26.4 Å². The van der Waals surface area contributed by atoms with Crippen LogP contribution in [-0.2, 0) is 26.6 Å². The van der Waals surface area contributed by atoms with Gasteiger partial charge in [0.05, 0.1) is 33.9 Å². The summed E-state index contributed by atoms with van der Waals surface area (Å²) in [5.41, 5.74) is 1.79. The van der Waals surface area contributed by atoms with Crippen LogP contribution >= 0.6 is 0 Å². The monoisotopic (exact) mass is 428 g/mol. The van der Waals surface area contributed by atoms with E-state index in [9.17, 15) is 9.59 Å². The van der Waals surface area contributed by atoms with Gasteiger partial charge in [0.1, 0.15) is 0 Å². The quantitative estimate of drug-likeness (QED) is 0.572. The van der Waals surface area contributed by atoms with Gasteiger partial charge in [-0.05, 0) is 24.1 Å².